The molecule has 1 amide bonds. The van der Waals surface area contributed by atoms with Gasteiger partial charge in [0.1, 0.15) is 5.54 Å². The number of carboxylic acids is 1. The molecule has 0 radical (unpaired) electrons. The van der Waals surface area contributed by atoms with Gasteiger partial charge in [0.15, 0.2) is 11.5 Å². The first-order valence-corrected chi connectivity index (χ1v) is 6.03. The van der Waals surface area contributed by atoms with E-state index in [1.54, 1.807) is 19.1 Å². The van der Waals surface area contributed by atoms with Gasteiger partial charge < -0.3 is 19.4 Å². The zero-order valence-electron chi connectivity index (χ0n) is 11.0. The van der Waals surface area contributed by atoms with Gasteiger partial charge in [-0.25, -0.2) is 4.79 Å². The van der Waals surface area contributed by atoms with Crippen LogP contribution in [0.15, 0.2) is 33.4 Å². The number of rotatable bonds is 5. The Morgan fingerprint density at radius 1 is 1.45 bits per heavy atom. The van der Waals surface area contributed by atoms with Gasteiger partial charge in [0, 0.05) is 6.07 Å². The number of aliphatic carboxylic acids is 1. The third-order valence-electron chi connectivity index (χ3n) is 3.08. The predicted molar refractivity (Wildman–Crippen MR) is 68.0 cm³/mol. The molecule has 0 saturated carbocycles. The van der Waals surface area contributed by atoms with Crippen molar-refractivity contribution in [1.29, 1.82) is 0 Å². The van der Waals surface area contributed by atoms with Crippen molar-refractivity contribution in [1.82, 2.24) is 10.5 Å². The molecule has 2 N–H and O–H groups in total. The molecule has 2 aromatic heterocycles. The average Bonchev–Trinajstić information content (AvgIpc) is 3.08. The summed E-state index contributed by atoms with van der Waals surface area (Å²) >= 11 is 0. The molecule has 0 bridgehead atoms. The highest BCUT2D eigenvalue weighted by Gasteiger charge is 2.33. The van der Waals surface area contributed by atoms with Crippen LogP contribution in [-0.2, 0) is 4.79 Å². The largest absolute Gasteiger partial charge is 0.480 e. The van der Waals surface area contributed by atoms with Crippen molar-refractivity contribution in [2.45, 2.75) is 25.8 Å². The molecule has 0 aliphatic carbocycles. The maximum Gasteiger partial charge on any atom is 0.329 e. The highest BCUT2D eigenvalue weighted by atomic mass is 16.5. The van der Waals surface area contributed by atoms with E-state index in [1.165, 1.54) is 19.3 Å². The highest BCUT2D eigenvalue weighted by molar-refractivity contribution is 5.96. The Kier molecular flexibility index (Phi) is 3.60. The minimum Gasteiger partial charge on any atom is -0.480 e. The summed E-state index contributed by atoms with van der Waals surface area (Å²) in [6, 6.07) is 4.73. The number of hydrogen-bond donors (Lipinski definition) is 2. The molecule has 0 aliphatic rings. The van der Waals surface area contributed by atoms with Crippen molar-refractivity contribution < 1.29 is 23.6 Å². The zero-order valence-corrected chi connectivity index (χ0v) is 11.0. The fourth-order valence-electron chi connectivity index (χ4n) is 1.52. The smallest absolute Gasteiger partial charge is 0.329 e. The molecule has 0 aromatic carbocycles. The summed E-state index contributed by atoms with van der Waals surface area (Å²) < 4.78 is 10.1. The number of amides is 1. The quantitative estimate of drug-likeness (QED) is 0.865. The molecule has 2 heterocycles. The lowest BCUT2D eigenvalue weighted by molar-refractivity contribution is -0.143. The lowest BCUT2D eigenvalue weighted by atomic mass is 9.99. The number of nitrogens with one attached hydrogen (secondary N) is 1. The standard InChI is InChI=1S/C13H14N2O5/c1-3-13(2,12(17)18)14-11(16)8-7-10(20-15-8)9-5-4-6-19-9/h4-7H,3H2,1-2H3,(H,14,16)(H,17,18). The van der Waals surface area contributed by atoms with Crippen LogP contribution in [0.3, 0.4) is 0 Å². The molecule has 106 valence electrons. The van der Waals surface area contributed by atoms with Gasteiger partial charge in [0.25, 0.3) is 5.91 Å². The Morgan fingerprint density at radius 3 is 2.75 bits per heavy atom. The second kappa shape index (κ2) is 5.20. The molecule has 2 rings (SSSR count). The van der Waals surface area contributed by atoms with Crippen LogP contribution in [-0.4, -0.2) is 27.7 Å². The molecule has 2 aromatic rings. The lowest BCUT2D eigenvalue weighted by Gasteiger charge is -2.23. The number of nitrogens with zero attached hydrogens (tertiary/aromatic N) is 1. The van der Waals surface area contributed by atoms with E-state index in [4.69, 9.17) is 14.0 Å². The van der Waals surface area contributed by atoms with Crippen LogP contribution in [0.1, 0.15) is 30.8 Å². The highest BCUT2D eigenvalue weighted by Crippen LogP contribution is 2.21. The molecule has 0 saturated heterocycles. The van der Waals surface area contributed by atoms with Gasteiger partial charge in [-0.3, -0.25) is 4.79 Å². The van der Waals surface area contributed by atoms with Gasteiger partial charge in [-0.05, 0) is 25.5 Å². The second-order valence-electron chi connectivity index (χ2n) is 4.50. The molecule has 20 heavy (non-hydrogen) atoms. The normalized spacial score (nSPS) is 13.7. The summed E-state index contributed by atoms with van der Waals surface area (Å²) in [4.78, 5) is 23.1. The van der Waals surface area contributed by atoms with E-state index in [9.17, 15) is 9.59 Å². The van der Waals surface area contributed by atoms with Crippen LogP contribution in [0.25, 0.3) is 11.5 Å². The first kappa shape index (κ1) is 13.9. The van der Waals surface area contributed by atoms with Gasteiger partial charge in [0.2, 0.25) is 5.76 Å². The lowest BCUT2D eigenvalue weighted by Crippen LogP contribution is -2.51. The number of aromatic nitrogens is 1. The Labute approximate surface area is 114 Å². The molecule has 7 nitrogen and oxygen atoms in total. The fourth-order valence-corrected chi connectivity index (χ4v) is 1.52. The summed E-state index contributed by atoms with van der Waals surface area (Å²) in [5.41, 5.74) is -1.35. The number of carboxylic acid groups (broad SMARTS) is 1. The van der Waals surface area contributed by atoms with E-state index < -0.39 is 17.4 Å². The van der Waals surface area contributed by atoms with Crippen LogP contribution in [0.2, 0.25) is 0 Å². The Morgan fingerprint density at radius 2 is 2.20 bits per heavy atom. The van der Waals surface area contributed by atoms with Crippen molar-refractivity contribution in [2.75, 3.05) is 0 Å². The average molecular weight is 278 g/mol. The number of furan rings is 1. The van der Waals surface area contributed by atoms with Crippen LogP contribution in [0.5, 0.6) is 0 Å². The summed E-state index contributed by atoms with van der Waals surface area (Å²) in [6.45, 7) is 3.10. The molecule has 0 spiro atoms. The number of carbonyl (C=O) groups excluding carboxylic acids is 1. The minimum atomic E-state index is -1.35. The van der Waals surface area contributed by atoms with E-state index >= 15 is 0 Å². The summed E-state index contributed by atoms with van der Waals surface area (Å²) in [7, 11) is 0. The number of hydrogen-bond acceptors (Lipinski definition) is 5. The van der Waals surface area contributed by atoms with Gasteiger partial charge in [-0.15, -0.1) is 0 Å². The fraction of sp³-hybridized carbons (Fsp3) is 0.308. The van der Waals surface area contributed by atoms with E-state index in [0.717, 1.165) is 0 Å². The topological polar surface area (TPSA) is 106 Å². The van der Waals surface area contributed by atoms with Crippen molar-refractivity contribution in [3.05, 3.63) is 30.2 Å². The minimum absolute atomic E-state index is 0.00248. The van der Waals surface area contributed by atoms with E-state index in [2.05, 4.69) is 10.5 Å². The second-order valence-corrected chi connectivity index (χ2v) is 4.50. The Balaban J connectivity index is 2.16. The van der Waals surface area contributed by atoms with Crippen molar-refractivity contribution in [3.8, 4) is 11.5 Å². The third-order valence-corrected chi connectivity index (χ3v) is 3.08. The third kappa shape index (κ3) is 2.56. The Hall–Kier alpha value is -2.57. The van der Waals surface area contributed by atoms with Gasteiger partial charge in [-0.2, -0.15) is 0 Å². The molecular weight excluding hydrogens is 264 g/mol. The van der Waals surface area contributed by atoms with Crippen LogP contribution >= 0.6 is 0 Å². The molecule has 0 aliphatic heterocycles. The zero-order chi connectivity index (χ0) is 14.8. The van der Waals surface area contributed by atoms with E-state index in [1.807, 2.05) is 0 Å². The monoisotopic (exact) mass is 278 g/mol. The van der Waals surface area contributed by atoms with Crippen LogP contribution < -0.4 is 5.32 Å². The summed E-state index contributed by atoms with van der Waals surface area (Å²) in [5, 5.41) is 15.1. The number of carbonyl (C=O) groups is 2. The molecular formula is C13H14N2O5. The maximum atomic E-state index is 12.0. The maximum absolute atomic E-state index is 12.0. The Bertz CT molecular complexity index is 617. The van der Waals surface area contributed by atoms with Crippen LogP contribution in [0.4, 0.5) is 0 Å². The van der Waals surface area contributed by atoms with Crippen molar-refractivity contribution in [3.63, 3.8) is 0 Å². The predicted octanol–water partition coefficient (Wildman–Crippen LogP) is 1.92. The van der Waals surface area contributed by atoms with Gasteiger partial charge in [-0.1, -0.05) is 12.1 Å². The van der Waals surface area contributed by atoms with E-state index in [-0.39, 0.29) is 12.1 Å². The van der Waals surface area contributed by atoms with Gasteiger partial charge >= 0.3 is 5.97 Å². The van der Waals surface area contributed by atoms with Gasteiger partial charge in [0.05, 0.1) is 6.26 Å². The summed E-state index contributed by atoms with van der Waals surface area (Å²) in [6.07, 6.45) is 1.72. The first-order valence-electron chi connectivity index (χ1n) is 6.03. The van der Waals surface area contributed by atoms with E-state index in [0.29, 0.717) is 11.5 Å². The molecule has 0 fully saturated rings. The van der Waals surface area contributed by atoms with Crippen molar-refractivity contribution >= 4 is 11.9 Å². The first-order chi connectivity index (χ1) is 9.46. The van der Waals surface area contributed by atoms with Crippen LogP contribution in [0, 0.1) is 0 Å². The molecule has 1 unspecified atom stereocenters. The molecule has 1 atom stereocenters. The molecule has 7 heteroatoms. The summed E-state index contributed by atoms with van der Waals surface area (Å²) in [5.74, 6) is -0.983. The SMILES string of the molecule is CCC(C)(NC(=O)c1cc(-c2ccco2)on1)C(=O)O. The van der Waals surface area contributed by atoms with Crippen molar-refractivity contribution in [2.24, 2.45) is 0 Å².